The molecule has 0 saturated heterocycles. The van der Waals surface area contributed by atoms with Crippen molar-refractivity contribution in [2.45, 2.75) is 64.3 Å². The Morgan fingerprint density at radius 3 is 2.65 bits per heavy atom. The van der Waals surface area contributed by atoms with Gasteiger partial charge in [0.25, 0.3) is 0 Å². The third-order valence-corrected chi connectivity index (χ3v) is 3.93. The number of carbonyl (C=O) groups excluding carboxylic acids is 1. The van der Waals surface area contributed by atoms with Crippen molar-refractivity contribution in [2.24, 2.45) is 5.92 Å². The van der Waals surface area contributed by atoms with Crippen LogP contribution in [0.3, 0.4) is 0 Å². The summed E-state index contributed by atoms with van der Waals surface area (Å²) < 4.78 is 0. The second kappa shape index (κ2) is 7.32. The van der Waals surface area contributed by atoms with Crippen LogP contribution in [-0.2, 0) is 4.79 Å². The molecule has 0 radical (unpaired) electrons. The maximum absolute atomic E-state index is 11.9. The Hall–Kier alpha value is -1.04. The fourth-order valence-electron chi connectivity index (χ4n) is 2.49. The number of hydrogen-bond donors (Lipinski definition) is 0. The van der Waals surface area contributed by atoms with Gasteiger partial charge in [-0.2, -0.15) is 5.26 Å². The number of nitriles is 1. The topological polar surface area (TPSA) is 44.1 Å². The van der Waals surface area contributed by atoms with Gasteiger partial charge in [0.05, 0.1) is 12.5 Å². The number of carbonyl (C=O) groups is 1. The van der Waals surface area contributed by atoms with Crippen molar-refractivity contribution in [3.8, 4) is 6.07 Å². The van der Waals surface area contributed by atoms with Gasteiger partial charge in [-0.15, -0.1) is 0 Å². The molecule has 1 aliphatic carbocycles. The molecule has 0 aromatic carbocycles. The lowest BCUT2D eigenvalue weighted by Gasteiger charge is -2.25. The summed E-state index contributed by atoms with van der Waals surface area (Å²) in [5, 5.41) is 8.61. The van der Waals surface area contributed by atoms with E-state index in [-0.39, 0.29) is 11.9 Å². The first kappa shape index (κ1) is 14.0. The summed E-state index contributed by atoms with van der Waals surface area (Å²) in [7, 11) is 1.81. The minimum Gasteiger partial charge on any atom is -0.342 e. The Morgan fingerprint density at radius 2 is 2.06 bits per heavy atom. The highest BCUT2D eigenvalue weighted by Crippen LogP contribution is 2.27. The summed E-state index contributed by atoms with van der Waals surface area (Å²) in [5.74, 6) is 0.950. The Labute approximate surface area is 105 Å². The first-order valence-corrected chi connectivity index (χ1v) is 6.77. The van der Waals surface area contributed by atoms with E-state index in [1.165, 1.54) is 32.1 Å². The molecule has 1 unspecified atom stereocenters. The molecule has 1 atom stereocenters. The lowest BCUT2D eigenvalue weighted by Crippen LogP contribution is -2.35. The van der Waals surface area contributed by atoms with Crippen LogP contribution >= 0.6 is 0 Å². The minimum atomic E-state index is 0.0406. The van der Waals surface area contributed by atoms with Gasteiger partial charge in [-0.1, -0.05) is 32.1 Å². The Morgan fingerprint density at radius 1 is 1.41 bits per heavy atom. The third kappa shape index (κ3) is 4.77. The molecule has 17 heavy (non-hydrogen) atoms. The molecule has 1 amide bonds. The Bertz CT molecular complexity index is 276. The minimum absolute atomic E-state index is 0.0406. The summed E-state index contributed by atoms with van der Waals surface area (Å²) in [6.45, 7) is 1.93. The third-order valence-electron chi connectivity index (χ3n) is 3.93. The lowest BCUT2D eigenvalue weighted by molar-refractivity contribution is -0.131. The zero-order valence-corrected chi connectivity index (χ0v) is 11.1. The Kier molecular flexibility index (Phi) is 6.04. The van der Waals surface area contributed by atoms with Crippen LogP contribution in [0, 0.1) is 17.2 Å². The molecule has 1 saturated carbocycles. The molecule has 0 aromatic heterocycles. The van der Waals surface area contributed by atoms with Crippen LogP contribution in [0.25, 0.3) is 0 Å². The molecular weight excluding hydrogens is 212 g/mol. The highest BCUT2D eigenvalue weighted by molar-refractivity contribution is 5.76. The monoisotopic (exact) mass is 236 g/mol. The maximum atomic E-state index is 11.9. The zero-order chi connectivity index (χ0) is 12.7. The van der Waals surface area contributed by atoms with E-state index in [1.54, 1.807) is 4.90 Å². The van der Waals surface area contributed by atoms with Crippen molar-refractivity contribution in [3.05, 3.63) is 0 Å². The Balaban J connectivity index is 2.26. The molecule has 0 N–H and O–H groups in total. The van der Waals surface area contributed by atoms with Crippen molar-refractivity contribution in [1.29, 1.82) is 5.26 Å². The van der Waals surface area contributed by atoms with E-state index in [0.717, 1.165) is 12.3 Å². The van der Waals surface area contributed by atoms with E-state index in [1.807, 2.05) is 14.0 Å². The second-order valence-electron chi connectivity index (χ2n) is 5.26. The van der Waals surface area contributed by atoms with E-state index in [0.29, 0.717) is 12.8 Å². The van der Waals surface area contributed by atoms with Crippen LogP contribution < -0.4 is 0 Å². The number of amides is 1. The van der Waals surface area contributed by atoms with Gasteiger partial charge in [-0.05, 0) is 19.3 Å². The molecule has 0 aliphatic heterocycles. The van der Waals surface area contributed by atoms with Crippen molar-refractivity contribution >= 4 is 5.91 Å². The van der Waals surface area contributed by atoms with Crippen molar-refractivity contribution in [3.63, 3.8) is 0 Å². The molecule has 0 spiro atoms. The number of hydrogen-bond acceptors (Lipinski definition) is 2. The lowest BCUT2D eigenvalue weighted by atomic mass is 9.86. The largest absolute Gasteiger partial charge is 0.342 e. The molecule has 1 aliphatic rings. The van der Waals surface area contributed by atoms with Crippen molar-refractivity contribution in [1.82, 2.24) is 4.90 Å². The van der Waals surface area contributed by atoms with Gasteiger partial charge in [0.2, 0.25) is 5.91 Å². The van der Waals surface area contributed by atoms with Gasteiger partial charge >= 0.3 is 0 Å². The van der Waals surface area contributed by atoms with Crippen molar-refractivity contribution < 1.29 is 4.79 Å². The van der Waals surface area contributed by atoms with Crippen LogP contribution in [0.2, 0.25) is 0 Å². The van der Waals surface area contributed by atoms with E-state index in [2.05, 4.69) is 6.07 Å². The normalized spacial score (nSPS) is 18.4. The highest BCUT2D eigenvalue weighted by Gasteiger charge is 2.18. The first-order chi connectivity index (χ1) is 8.15. The van der Waals surface area contributed by atoms with Crippen LogP contribution in [-0.4, -0.2) is 23.9 Å². The molecule has 1 rings (SSSR count). The molecule has 0 heterocycles. The van der Waals surface area contributed by atoms with Crippen LogP contribution in [0.4, 0.5) is 0 Å². The first-order valence-electron chi connectivity index (χ1n) is 6.77. The average Bonchev–Trinajstić information content (AvgIpc) is 2.36. The summed E-state index contributed by atoms with van der Waals surface area (Å²) in [6, 6.07) is 2.16. The maximum Gasteiger partial charge on any atom is 0.222 e. The smallest absolute Gasteiger partial charge is 0.222 e. The van der Waals surface area contributed by atoms with Gasteiger partial charge in [0, 0.05) is 19.5 Å². The summed E-state index contributed by atoms with van der Waals surface area (Å²) >= 11 is 0. The second-order valence-corrected chi connectivity index (χ2v) is 5.26. The van der Waals surface area contributed by atoms with Gasteiger partial charge < -0.3 is 4.90 Å². The number of rotatable bonds is 5. The predicted octanol–water partition coefficient (Wildman–Crippen LogP) is 3.11. The van der Waals surface area contributed by atoms with Crippen LogP contribution in [0.15, 0.2) is 0 Å². The molecule has 0 aromatic rings. The zero-order valence-electron chi connectivity index (χ0n) is 11.1. The van der Waals surface area contributed by atoms with E-state index in [9.17, 15) is 4.79 Å². The fraction of sp³-hybridized carbons (Fsp3) is 0.857. The summed E-state index contributed by atoms with van der Waals surface area (Å²) in [4.78, 5) is 13.6. The van der Waals surface area contributed by atoms with Gasteiger partial charge in [0.15, 0.2) is 0 Å². The fourth-order valence-corrected chi connectivity index (χ4v) is 2.49. The molecular formula is C14H24N2O. The van der Waals surface area contributed by atoms with Crippen molar-refractivity contribution in [2.75, 3.05) is 7.05 Å². The molecule has 3 heteroatoms. The molecule has 3 nitrogen and oxygen atoms in total. The van der Waals surface area contributed by atoms with Gasteiger partial charge in [0.1, 0.15) is 0 Å². The quantitative estimate of drug-likeness (QED) is 0.736. The molecule has 0 bridgehead atoms. The predicted molar refractivity (Wildman–Crippen MR) is 68.3 cm³/mol. The van der Waals surface area contributed by atoms with Gasteiger partial charge in [-0.25, -0.2) is 0 Å². The van der Waals surface area contributed by atoms with E-state index < -0.39 is 0 Å². The number of nitrogens with zero attached hydrogens (tertiary/aromatic N) is 2. The van der Waals surface area contributed by atoms with Crippen LogP contribution in [0.1, 0.15) is 58.3 Å². The van der Waals surface area contributed by atoms with Crippen LogP contribution in [0.5, 0.6) is 0 Å². The average molecular weight is 236 g/mol. The summed E-state index contributed by atoms with van der Waals surface area (Å²) in [5.41, 5.74) is 0. The van der Waals surface area contributed by atoms with E-state index >= 15 is 0 Å². The SMILES string of the molecule is CC(CC#N)N(C)C(=O)CCC1CCCCC1. The standard InChI is InChI=1S/C14H24N2O/c1-12(10-11-15)16(2)14(17)9-8-13-6-4-3-5-7-13/h12-13H,3-10H2,1-2H3. The summed E-state index contributed by atoms with van der Waals surface area (Å²) in [6.07, 6.45) is 8.73. The molecule has 96 valence electrons. The van der Waals surface area contributed by atoms with Gasteiger partial charge in [-0.3, -0.25) is 4.79 Å². The van der Waals surface area contributed by atoms with E-state index in [4.69, 9.17) is 5.26 Å². The molecule has 1 fully saturated rings. The highest BCUT2D eigenvalue weighted by atomic mass is 16.2.